The second kappa shape index (κ2) is 13.1. The number of para-hydroxylation sites is 2. The van der Waals surface area contributed by atoms with Gasteiger partial charge in [0, 0.05) is 34.6 Å². The number of anilines is 1. The molecule has 280 valence electrons. The summed E-state index contributed by atoms with van der Waals surface area (Å²) in [4.78, 5) is 65.6. The number of ether oxygens (including phenoxy) is 1. The van der Waals surface area contributed by atoms with Crippen molar-refractivity contribution in [2.75, 3.05) is 12.0 Å². The first-order valence-corrected chi connectivity index (χ1v) is 19.1. The molecular formula is C48H36N2O7. The molecule has 1 aromatic heterocycles. The summed E-state index contributed by atoms with van der Waals surface area (Å²) >= 11 is 0. The lowest BCUT2D eigenvalue weighted by molar-refractivity contribution is -0.135. The van der Waals surface area contributed by atoms with E-state index in [4.69, 9.17) is 9.15 Å². The number of imide groups is 1. The number of amides is 2. The van der Waals surface area contributed by atoms with Gasteiger partial charge in [-0.05, 0) is 78.4 Å². The number of Topliss-reactive ketones (excluding diaryl/α,β-unsaturated/α-hetero) is 1. The summed E-state index contributed by atoms with van der Waals surface area (Å²) in [5.74, 6) is -3.95. The van der Waals surface area contributed by atoms with E-state index in [1.807, 2.05) is 91.0 Å². The van der Waals surface area contributed by atoms with Crippen LogP contribution in [0.1, 0.15) is 35.4 Å². The summed E-state index contributed by atoms with van der Waals surface area (Å²) in [6.45, 7) is 0. The van der Waals surface area contributed by atoms with Crippen LogP contribution in [0.3, 0.4) is 0 Å². The Bertz CT molecular complexity index is 2670. The van der Waals surface area contributed by atoms with E-state index in [1.165, 1.54) is 24.2 Å². The van der Waals surface area contributed by atoms with Crippen LogP contribution < -0.4 is 9.64 Å². The van der Waals surface area contributed by atoms with Gasteiger partial charge in [-0.25, -0.2) is 4.98 Å². The third-order valence-electron chi connectivity index (χ3n) is 12.6. The zero-order valence-corrected chi connectivity index (χ0v) is 30.9. The molecule has 4 aliphatic rings. The Morgan fingerprint density at radius 2 is 1.51 bits per heavy atom. The molecule has 3 aliphatic carbocycles. The number of oxazole rings is 1. The lowest BCUT2D eigenvalue weighted by atomic mass is 9.44. The SMILES string of the molecule is COc1cc(O)ccc1C1C2=CCC3C(=O)N(c4ccc(-c5nc6ccccc6o5)cc4)C(=O)C3C2CC2C(=O)C(c3ccccc3)=CC(=O)C21c1ccccc1. The number of carbonyl (C=O) groups is 4. The maximum atomic E-state index is 15.3. The molecule has 9 heteroatoms. The van der Waals surface area contributed by atoms with Crippen molar-refractivity contribution < 1.29 is 33.4 Å². The second-order valence-electron chi connectivity index (χ2n) is 15.3. The first kappa shape index (κ1) is 34.6. The van der Waals surface area contributed by atoms with Crippen molar-refractivity contribution in [3.8, 4) is 23.0 Å². The molecule has 1 saturated heterocycles. The van der Waals surface area contributed by atoms with Gasteiger partial charge in [-0.15, -0.1) is 0 Å². The highest BCUT2D eigenvalue weighted by atomic mass is 16.5. The van der Waals surface area contributed by atoms with E-state index in [-0.39, 0.29) is 42.0 Å². The summed E-state index contributed by atoms with van der Waals surface area (Å²) in [5, 5.41) is 10.6. The minimum atomic E-state index is -1.41. The number of aromatic hydroxyl groups is 1. The number of rotatable bonds is 6. The van der Waals surface area contributed by atoms with Gasteiger partial charge in [0.05, 0.1) is 30.0 Å². The maximum absolute atomic E-state index is 15.3. The summed E-state index contributed by atoms with van der Waals surface area (Å²) in [6, 6.07) is 37.9. The Morgan fingerprint density at radius 3 is 2.25 bits per heavy atom. The van der Waals surface area contributed by atoms with Gasteiger partial charge in [0.15, 0.2) is 17.1 Å². The highest BCUT2D eigenvalue weighted by Gasteiger charge is 2.66. The number of fused-ring (bicyclic) bond motifs is 5. The molecule has 2 heterocycles. The number of phenols is 1. The van der Waals surface area contributed by atoms with Crippen LogP contribution in [0.4, 0.5) is 5.69 Å². The number of ketones is 2. The molecule has 6 atom stereocenters. The van der Waals surface area contributed by atoms with Crippen molar-refractivity contribution in [3.05, 3.63) is 162 Å². The van der Waals surface area contributed by atoms with Crippen LogP contribution in [-0.2, 0) is 24.6 Å². The largest absolute Gasteiger partial charge is 0.508 e. The third kappa shape index (κ3) is 5.11. The van der Waals surface area contributed by atoms with Crippen LogP contribution >= 0.6 is 0 Å². The van der Waals surface area contributed by atoms with Gasteiger partial charge in [0.2, 0.25) is 17.7 Å². The van der Waals surface area contributed by atoms with E-state index in [0.717, 1.165) is 11.1 Å². The number of phenolic OH excluding ortho intramolecular Hbond substituents is 1. The molecule has 10 rings (SSSR count). The monoisotopic (exact) mass is 752 g/mol. The van der Waals surface area contributed by atoms with Crippen molar-refractivity contribution in [2.24, 2.45) is 23.7 Å². The van der Waals surface area contributed by atoms with Crippen LogP contribution in [0.2, 0.25) is 0 Å². The first-order valence-electron chi connectivity index (χ1n) is 19.1. The molecule has 5 aromatic carbocycles. The van der Waals surface area contributed by atoms with Crippen molar-refractivity contribution in [1.29, 1.82) is 0 Å². The molecular weight excluding hydrogens is 717 g/mol. The Balaban J connectivity index is 1.11. The van der Waals surface area contributed by atoms with Gasteiger partial charge in [-0.3, -0.25) is 24.1 Å². The number of hydrogen-bond acceptors (Lipinski definition) is 8. The van der Waals surface area contributed by atoms with Gasteiger partial charge in [-0.1, -0.05) is 90.5 Å². The highest BCUT2D eigenvalue weighted by molar-refractivity contribution is 6.32. The van der Waals surface area contributed by atoms with E-state index in [9.17, 15) is 14.7 Å². The lowest BCUT2D eigenvalue weighted by Crippen LogP contribution is -2.58. The predicted molar refractivity (Wildman–Crippen MR) is 213 cm³/mol. The van der Waals surface area contributed by atoms with Gasteiger partial charge in [0.1, 0.15) is 17.0 Å². The average Bonchev–Trinajstić information content (AvgIpc) is 3.80. The lowest BCUT2D eigenvalue weighted by Gasteiger charge is -2.55. The van der Waals surface area contributed by atoms with Gasteiger partial charge in [0.25, 0.3) is 0 Å². The number of allylic oxidation sites excluding steroid dienone is 4. The molecule has 1 saturated carbocycles. The molecule has 6 unspecified atom stereocenters. The van der Waals surface area contributed by atoms with E-state index >= 15 is 9.59 Å². The number of benzene rings is 5. The highest BCUT2D eigenvalue weighted by Crippen LogP contribution is 2.64. The standard InChI is InChI=1S/C48H36N2O7/c1-56-40-24-31(51)20-21-33(40)43-32-22-23-34-42(47(55)50(46(34)54)30-18-16-28(17-19-30)45-49-38-14-8-9-15-39(38)57-45)36(32)25-37-44(53)35(27-10-4-2-5-11-27)26-41(52)48(37,43)29-12-6-3-7-13-29/h2-22,24,26,34,36-37,42-43,51H,23,25H2,1H3. The number of aromatic nitrogens is 1. The zero-order valence-electron chi connectivity index (χ0n) is 30.9. The maximum Gasteiger partial charge on any atom is 0.238 e. The van der Waals surface area contributed by atoms with Gasteiger partial charge >= 0.3 is 0 Å². The van der Waals surface area contributed by atoms with Crippen LogP contribution in [0, 0.1) is 23.7 Å². The van der Waals surface area contributed by atoms with Crippen LogP contribution in [0.5, 0.6) is 11.5 Å². The Kier molecular flexibility index (Phi) is 7.97. The van der Waals surface area contributed by atoms with E-state index in [2.05, 4.69) is 4.98 Å². The Hall–Kier alpha value is -6.87. The summed E-state index contributed by atoms with van der Waals surface area (Å²) in [6.07, 6.45) is 3.96. The van der Waals surface area contributed by atoms with Gasteiger partial charge < -0.3 is 14.3 Å². The summed E-state index contributed by atoms with van der Waals surface area (Å²) < 4.78 is 11.9. The number of methoxy groups -OCH3 is 1. The molecule has 0 radical (unpaired) electrons. The molecule has 6 aromatic rings. The molecule has 9 nitrogen and oxygen atoms in total. The quantitative estimate of drug-likeness (QED) is 0.133. The predicted octanol–water partition coefficient (Wildman–Crippen LogP) is 8.24. The Labute approximate surface area is 327 Å². The summed E-state index contributed by atoms with van der Waals surface area (Å²) in [7, 11) is 1.50. The fraction of sp³-hybridized carbons (Fsp3) is 0.188. The topological polar surface area (TPSA) is 127 Å². The van der Waals surface area contributed by atoms with Crippen molar-refractivity contribution in [1.82, 2.24) is 4.98 Å². The second-order valence-corrected chi connectivity index (χ2v) is 15.3. The van der Waals surface area contributed by atoms with Crippen LogP contribution in [0.25, 0.3) is 28.1 Å². The minimum absolute atomic E-state index is 0.0161. The molecule has 0 bridgehead atoms. The zero-order chi connectivity index (χ0) is 39.0. The summed E-state index contributed by atoms with van der Waals surface area (Å²) in [5.41, 5.74) is 4.16. The van der Waals surface area contributed by atoms with Crippen LogP contribution in [-0.4, -0.2) is 40.6 Å². The number of carbonyl (C=O) groups excluding carboxylic acids is 4. The first-order chi connectivity index (χ1) is 27.8. The molecule has 2 fully saturated rings. The molecule has 0 spiro atoms. The van der Waals surface area contributed by atoms with E-state index < -0.39 is 35.0 Å². The van der Waals surface area contributed by atoms with Gasteiger partial charge in [-0.2, -0.15) is 0 Å². The van der Waals surface area contributed by atoms with Crippen molar-refractivity contribution in [3.63, 3.8) is 0 Å². The van der Waals surface area contributed by atoms with E-state index in [1.54, 1.807) is 36.4 Å². The average molecular weight is 753 g/mol. The molecule has 2 amide bonds. The molecule has 57 heavy (non-hydrogen) atoms. The number of nitrogens with zero attached hydrogens (tertiary/aromatic N) is 2. The smallest absolute Gasteiger partial charge is 0.238 e. The fourth-order valence-electron chi connectivity index (χ4n) is 10.2. The minimum Gasteiger partial charge on any atom is -0.508 e. The third-order valence-corrected chi connectivity index (χ3v) is 12.6. The normalized spacial score (nSPS) is 25.4. The van der Waals surface area contributed by atoms with Crippen molar-refractivity contribution >= 4 is 45.7 Å². The Morgan fingerprint density at radius 1 is 0.789 bits per heavy atom. The van der Waals surface area contributed by atoms with Crippen molar-refractivity contribution in [2.45, 2.75) is 24.2 Å². The number of hydrogen-bond donors (Lipinski definition) is 1. The van der Waals surface area contributed by atoms with E-state index in [0.29, 0.717) is 50.7 Å². The van der Waals surface area contributed by atoms with Crippen LogP contribution in [0.15, 0.2) is 150 Å². The molecule has 1 N–H and O–H groups in total. The fourth-order valence-corrected chi connectivity index (χ4v) is 10.2. The molecule has 1 aliphatic heterocycles.